The van der Waals surface area contributed by atoms with Crippen LogP contribution in [0.25, 0.3) is 22.4 Å². The molecule has 0 atom stereocenters. The maximum absolute atomic E-state index is 13.2. The number of nitrogens with one attached hydrogen (secondary N) is 1. The summed E-state index contributed by atoms with van der Waals surface area (Å²) in [5, 5.41) is 6.83. The van der Waals surface area contributed by atoms with Crippen molar-refractivity contribution in [2.24, 2.45) is 0 Å². The van der Waals surface area contributed by atoms with Gasteiger partial charge in [-0.3, -0.25) is 13.9 Å². The highest BCUT2D eigenvalue weighted by Crippen LogP contribution is 2.24. The Bertz CT molecular complexity index is 1330. The van der Waals surface area contributed by atoms with Gasteiger partial charge in [-0.05, 0) is 38.1 Å². The van der Waals surface area contributed by atoms with Crippen molar-refractivity contribution >= 4 is 16.9 Å². The summed E-state index contributed by atoms with van der Waals surface area (Å²) in [6.45, 7) is 5.77. The number of hydrogen-bond acceptors (Lipinski definition) is 6. The Hall–Kier alpha value is -3.88. The lowest BCUT2D eigenvalue weighted by Crippen LogP contribution is -2.33. The van der Waals surface area contributed by atoms with Gasteiger partial charge in [0.05, 0.1) is 18.1 Å². The lowest BCUT2D eigenvalue weighted by atomic mass is 10.2. The van der Waals surface area contributed by atoms with Crippen molar-refractivity contribution in [3.05, 3.63) is 64.4 Å². The van der Waals surface area contributed by atoms with E-state index in [-0.39, 0.29) is 24.2 Å². The van der Waals surface area contributed by atoms with Crippen LogP contribution < -0.4 is 15.7 Å². The molecule has 0 bridgehead atoms. The summed E-state index contributed by atoms with van der Waals surface area (Å²) in [5.74, 6) is 1.30. The molecule has 1 N–H and O–H groups in total. The standard InChI is InChI=1S/C23H25N5O4/c1-14(2)28-18-10-9-16(22-25-15(3)32-26-22)11-19(18)27(23(28)30)13-21(29)24-12-17-7-5-6-8-20(17)31-4/h5-11,14H,12-13H2,1-4H3,(H,24,29). The molecule has 4 rings (SSSR count). The summed E-state index contributed by atoms with van der Waals surface area (Å²) < 4.78 is 13.6. The van der Waals surface area contributed by atoms with Gasteiger partial charge in [-0.25, -0.2) is 4.79 Å². The number of aromatic nitrogens is 4. The number of hydrogen-bond donors (Lipinski definition) is 1. The van der Waals surface area contributed by atoms with Crippen LogP contribution >= 0.6 is 0 Å². The summed E-state index contributed by atoms with van der Waals surface area (Å²) in [6, 6.07) is 12.9. The van der Waals surface area contributed by atoms with E-state index in [9.17, 15) is 9.59 Å². The molecular weight excluding hydrogens is 410 g/mol. The van der Waals surface area contributed by atoms with Gasteiger partial charge >= 0.3 is 5.69 Å². The Kier molecular flexibility index (Phi) is 5.81. The molecule has 0 fully saturated rings. The molecule has 9 nitrogen and oxygen atoms in total. The molecule has 0 saturated heterocycles. The van der Waals surface area contributed by atoms with Gasteiger partial charge in [0.2, 0.25) is 17.6 Å². The molecule has 4 aromatic rings. The number of para-hydroxylation sites is 1. The van der Waals surface area contributed by atoms with Crippen LogP contribution in [0.4, 0.5) is 0 Å². The number of fused-ring (bicyclic) bond motifs is 1. The van der Waals surface area contributed by atoms with Gasteiger partial charge in [0, 0.05) is 30.6 Å². The van der Waals surface area contributed by atoms with E-state index in [0.717, 1.165) is 11.1 Å². The van der Waals surface area contributed by atoms with Gasteiger partial charge in [0.15, 0.2) is 0 Å². The van der Waals surface area contributed by atoms with Gasteiger partial charge in [0.25, 0.3) is 0 Å². The molecule has 0 aliphatic rings. The molecule has 2 aromatic carbocycles. The van der Waals surface area contributed by atoms with E-state index >= 15 is 0 Å². The van der Waals surface area contributed by atoms with Crippen LogP contribution in [0.3, 0.4) is 0 Å². The van der Waals surface area contributed by atoms with Crippen molar-refractivity contribution in [1.29, 1.82) is 0 Å². The average molecular weight is 435 g/mol. The van der Waals surface area contributed by atoms with E-state index in [1.807, 2.05) is 56.3 Å². The second-order valence-electron chi connectivity index (χ2n) is 7.76. The fourth-order valence-electron chi connectivity index (χ4n) is 3.73. The first-order valence-corrected chi connectivity index (χ1v) is 10.3. The highest BCUT2D eigenvalue weighted by molar-refractivity contribution is 5.84. The predicted octanol–water partition coefficient (Wildman–Crippen LogP) is 3.07. The maximum atomic E-state index is 13.2. The Morgan fingerprint density at radius 3 is 2.66 bits per heavy atom. The van der Waals surface area contributed by atoms with Crippen molar-refractivity contribution in [3.63, 3.8) is 0 Å². The molecular formula is C23H25N5O4. The number of rotatable bonds is 7. The predicted molar refractivity (Wildman–Crippen MR) is 119 cm³/mol. The van der Waals surface area contributed by atoms with Gasteiger partial charge in [-0.15, -0.1) is 0 Å². The number of benzene rings is 2. The minimum Gasteiger partial charge on any atom is -0.496 e. The third-order valence-corrected chi connectivity index (χ3v) is 5.24. The topological polar surface area (TPSA) is 104 Å². The third-order valence-electron chi connectivity index (χ3n) is 5.24. The average Bonchev–Trinajstić information content (AvgIpc) is 3.33. The number of amides is 1. The smallest absolute Gasteiger partial charge is 0.329 e. The van der Waals surface area contributed by atoms with E-state index in [4.69, 9.17) is 9.26 Å². The highest BCUT2D eigenvalue weighted by Gasteiger charge is 2.19. The quantitative estimate of drug-likeness (QED) is 0.478. The third kappa shape index (κ3) is 4.01. The van der Waals surface area contributed by atoms with E-state index in [2.05, 4.69) is 15.5 Å². The molecule has 0 spiro atoms. The monoisotopic (exact) mass is 435 g/mol. The Morgan fingerprint density at radius 1 is 1.19 bits per heavy atom. The Balaban J connectivity index is 1.66. The van der Waals surface area contributed by atoms with Crippen LogP contribution in [-0.4, -0.2) is 32.3 Å². The number of nitrogens with zero attached hydrogens (tertiary/aromatic N) is 4. The second kappa shape index (κ2) is 8.70. The summed E-state index contributed by atoms with van der Waals surface area (Å²) >= 11 is 0. The first-order valence-electron chi connectivity index (χ1n) is 10.3. The van der Waals surface area contributed by atoms with Crippen LogP contribution in [0, 0.1) is 6.92 Å². The number of imidazole rings is 1. The maximum Gasteiger partial charge on any atom is 0.329 e. The molecule has 0 radical (unpaired) electrons. The molecule has 2 aromatic heterocycles. The fraction of sp³-hybridized carbons (Fsp3) is 0.304. The Morgan fingerprint density at radius 2 is 1.97 bits per heavy atom. The minimum absolute atomic E-state index is 0.0684. The largest absolute Gasteiger partial charge is 0.496 e. The number of carbonyl (C=O) groups is 1. The van der Waals surface area contributed by atoms with Crippen molar-refractivity contribution in [2.75, 3.05) is 7.11 Å². The van der Waals surface area contributed by atoms with E-state index in [1.54, 1.807) is 18.6 Å². The van der Waals surface area contributed by atoms with Crippen LogP contribution in [0.2, 0.25) is 0 Å². The number of ether oxygens (including phenoxy) is 1. The number of methoxy groups -OCH3 is 1. The lowest BCUT2D eigenvalue weighted by Gasteiger charge is -2.10. The zero-order chi connectivity index (χ0) is 22.8. The van der Waals surface area contributed by atoms with Gasteiger partial charge in [0.1, 0.15) is 12.3 Å². The lowest BCUT2D eigenvalue weighted by molar-refractivity contribution is -0.121. The normalized spacial score (nSPS) is 11.3. The van der Waals surface area contributed by atoms with Crippen molar-refractivity contribution in [2.45, 2.75) is 39.9 Å². The number of aryl methyl sites for hydroxylation is 1. The number of carbonyl (C=O) groups excluding carboxylic acids is 1. The Labute approximate surface area is 184 Å². The van der Waals surface area contributed by atoms with Gasteiger partial charge < -0.3 is 14.6 Å². The first-order chi connectivity index (χ1) is 15.4. The summed E-state index contributed by atoms with van der Waals surface area (Å²) in [5.41, 5.74) is 2.69. The summed E-state index contributed by atoms with van der Waals surface area (Å²) in [4.78, 5) is 30.2. The SMILES string of the molecule is COc1ccccc1CNC(=O)Cn1c(=O)n(C(C)C)c2ccc(-c3noc(C)n3)cc21. The molecule has 0 saturated carbocycles. The van der Waals surface area contributed by atoms with E-state index in [0.29, 0.717) is 35.1 Å². The molecule has 0 aliphatic carbocycles. The zero-order valence-corrected chi connectivity index (χ0v) is 18.5. The van der Waals surface area contributed by atoms with Gasteiger partial charge in [-0.1, -0.05) is 23.4 Å². The molecule has 0 unspecified atom stereocenters. The highest BCUT2D eigenvalue weighted by atomic mass is 16.5. The molecule has 166 valence electrons. The summed E-state index contributed by atoms with van der Waals surface area (Å²) in [7, 11) is 1.59. The minimum atomic E-state index is -0.276. The van der Waals surface area contributed by atoms with Crippen LogP contribution in [0.15, 0.2) is 51.8 Å². The van der Waals surface area contributed by atoms with Crippen molar-refractivity contribution < 1.29 is 14.1 Å². The van der Waals surface area contributed by atoms with E-state index < -0.39 is 0 Å². The molecule has 9 heteroatoms. The van der Waals surface area contributed by atoms with Crippen LogP contribution in [0.5, 0.6) is 5.75 Å². The molecule has 32 heavy (non-hydrogen) atoms. The molecule has 2 heterocycles. The van der Waals surface area contributed by atoms with Crippen LogP contribution in [0.1, 0.15) is 31.3 Å². The first kappa shape index (κ1) is 21.4. The van der Waals surface area contributed by atoms with Crippen molar-refractivity contribution in [3.8, 4) is 17.1 Å². The zero-order valence-electron chi connectivity index (χ0n) is 18.5. The van der Waals surface area contributed by atoms with Crippen LogP contribution in [-0.2, 0) is 17.9 Å². The summed E-state index contributed by atoms with van der Waals surface area (Å²) in [6.07, 6.45) is 0. The molecule has 1 amide bonds. The van der Waals surface area contributed by atoms with Gasteiger partial charge in [-0.2, -0.15) is 4.98 Å². The molecule has 0 aliphatic heterocycles. The van der Waals surface area contributed by atoms with E-state index in [1.165, 1.54) is 4.57 Å². The second-order valence-corrected chi connectivity index (χ2v) is 7.76. The van der Waals surface area contributed by atoms with Crippen molar-refractivity contribution in [1.82, 2.24) is 24.6 Å². The fourth-order valence-corrected chi connectivity index (χ4v) is 3.73.